The SMILES string of the molecule is COc1ccc(C(=O)N[C@@H](C)c2ccccc2)cc1COc1ccccc1OC. The van der Waals surface area contributed by atoms with Gasteiger partial charge in [0.15, 0.2) is 11.5 Å². The molecule has 150 valence electrons. The van der Waals surface area contributed by atoms with Gasteiger partial charge in [-0.3, -0.25) is 4.79 Å². The molecule has 0 radical (unpaired) electrons. The van der Waals surface area contributed by atoms with Crippen LogP contribution in [0, 0.1) is 0 Å². The number of ether oxygens (including phenoxy) is 3. The van der Waals surface area contributed by atoms with Gasteiger partial charge in [0, 0.05) is 11.1 Å². The van der Waals surface area contributed by atoms with E-state index in [4.69, 9.17) is 14.2 Å². The Labute approximate surface area is 171 Å². The fourth-order valence-electron chi connectivity index (χ4n) is 3.03. The third-order valence-corrected chi connectivity index (χ3v) is 4.64. The Morgan fingerprint density at radius 1 is 0.862 bits per heavy atom. The van der Waals surface area contributed by atoms with E-state index in [1.165, 1.54) is 0 Å². The van der Waals surface area contributed by atoms with Gasteiger partial charge < -0.3 is 19.5 Å². The Balaban J connectivity index is 1.75. The third kappa shape index (κ3) is 5.08. The molecule has 0 unspecified atom stereocenters. The van der Waals surface area contributed by atoms with E-state index in [-0.39, 0.29) is 18.6 Å². The van der Waals surface area contributed by atoms with Crippen LogP contribution in [0.25, 0.3) is 0 Å². The molecular weight excluding hydrogens is 366 g/mol. The maximum atomic E-state index is 12.7. The van der Waals surface area contributed by atoms with E-state index in [1.54, 1.807) is 32.4 Å². The first kappa shape index (κ1) is 20.3. The molecule has 3 rings (SSSR count). The van der Waals surface area contributed by atoms with Crippen molar-refractivity contribution >= 4 is 5.91 Å². The molecule has 0 aliphatic heterocycles. The summed E-state index contributed by atoms with van der Waals surface area (Å²) in [6.07, 6.45) is 0. The number of carbonyl (C=O) groups is 1. The number of carbonyl (C=O) groups excluding carboxylic acids is 1. The van der Waals surface area contributed by atoms with E-state index in [0.717, 1.165) is 11.1 Å². The number of hydrogen-bond donors (Lipinski definition) is 1. The Kier molecular flexibility index (Phi) is 6.74. The van der Waals surface area contributed by atoms with Crippen LogP contribution in [0.1, 0.15) is 34.5 Å². The van der Waals surface area contributed by atoms with Crippen molar-refractivity contribution in [3.8, 4) is 17.2 Å². The maximum absolute atomic E-state index is 12.7. The van der Waals surface area contributed by atoms with Crippen LogP contribution in [0.5, 0.6) is 17.2 Å². The normalized spacial score (nSPS) is 11.4. The standard InChI is InChI=1S/C24H25NO4/c1-17(18-9-5-4-6-10-18)25-24(26)19-13-14-21(27-2)20(15-19)16-29-23-12-8-7-11-22(23)28-3/h4-15,17H,16H2,1-3H3,(H,25,26)/t17-/m0/s1. The predicted molar refractivity (Wildman–Crippen MR) is 113 cm³/mol. The zero-order valence-electron chi connectivity index (χ0n) is 16.8. The summed E-state index contributed by atoms with van der Waals surface area (Å²) in [5.74, 6) is 1.79. The Morgan fingerprint density at radius 3 is 2.21 bits per heavy atom. The van der Waals surface area contributed by atoms with Crippen LogP contribution in [-0.2, 0) is 6.61 Å². The predicted octanol–water partition coefficient (Wildman–Crippen LogP) is 4.77. The molecule has 0 heterocycles. The van der Waals surface area contributed by atoms with E-state index < -0.39 is 0 Å². The van der Waals surface area contributed by atoms with Crippen LogP contribution in [0.4, 0.5) is 0 Å². The van der Waals surface area contributed by atoms with Gasteiger partial charge in [-0.15, -0.1) is 0 Å². The molecule has 0 saturated heterocycles. The van der Waals surface area contributed by atoms with Gasteiger partial charge in [-0.25, -0.2) is 0 Å². The highest BCUT2D eigenvalue weighted by Crippen LogP contribution is 2.28. The maximum Gasteiger partial charge on any atom is 0.251 e. The summed E-state index contributed by atoms with van der Waals surface area (Å²) in [5.41, 5.74) is 2.37. The first-order valence-corrected chi connectivity index (χ1v) is 9.41. The minimum absolute atomic E-state index is 0.0981. The lowest BCUT2D eigenvalue weighted by atomic mass is 10.1. The fourth-order valence-corrected chi connectivity index (χ4v) is 3.03. The quantitative estimate of drug-likeness (QED) is 0.601. The summed E-state index contributed by atoms with van der Waals surface area (Å²) in [5, 5.41) is 3.03. The van der Waals surface area contributed by atoms with Crippen molar-refractivity contribution in [3.05, 3.63) is 89.5 Å². The number of hydrogen-bond acceptors (Lipinski definition) is 4. The summed E-state index contributed by atoms with van der Waals surface area (Å²) in [7, 11) is 3.20. The molecule has 0 fully saturated rings. The van der Waals surface area contributed by atoms with Gasteiger partial charge in [-0.05, 0) is 42.8 Å². The second-order valence-corrected chi connectivity index (χ2v) is 6.57. The molecule has 1 amide bonds. The lowest BCUT2D eigenvalue weighted by Crippen LogP contribution is -2.26. The lowest BCUT2D eigenvalue weighted by molar-refractivity contribution is 0.0939. The van der Waals surface area contributed by atoms with Crippen molar-refractivity contribution < 1.29 is 19.0 Å². The Bertz CT molecular complexity index is 956. The Morgan fingerprint density at radius 2 is 1.52 bits per heavy atom. The van der Waals surface area contributed by atoms with E-state index in [9.17, 15) is 4.79 Å². The largest absolute Gasteiger partial charge is 0.496 e. The minimum atomic E-state index is -0.150. The van der Waals surface area contributed by atoms with E-state index in [2.05, 4.69) is 5.32 Å². The second-order valence-electron chi connectivity index (χ2n) is 6.57. The average molecular weight is 391 g/mol. The van der Waals surface area contributed by atoms with Crippen molar-refractivity contribution in [2.45, 2.75) is 19.6 Å². The summed E-state index contributed by atoms with van der Waals surface area (Å²) < 4.78 is 16.7. The van der Waals surface area contributed by atoms with Gasteiger partial charge in [0.05, 0.1) is 20.3 Å². The van der Waals surface area contributed by atoms with Crippen molar-refractivity contribution in [1.82, 2.24) is 5.32 Å². The minimum Gasteiger partial charge on any atom is -0.496 e. The van der Waals surface area contributed by atoms with E-state index in [0.29, 0.717) is 22.8 Å². The van der Waals surface area contributed by atoms with Crippen LogP contribution in [0.15, 0.2) is 72.8 Å². The first-order chi connectivity index (χ1) is 14.1. The third-order valence-electron chi connectivity index (χ3n) is 4.64. The molecule has 5 nitrogen and oxygen atoms in total. The number of amides is 1. The Hall–Kier alpha value is -3.47. The van der Waals surface area contributed by atoms with Crippen molar-refractivity contribution in [3.63, 3.8) is 0 Å². The molecule has 0 saturated carbocycles. The molecule has 5 heteroatoms. The lowest BCUT2D eigenvalue weighted by Gasteiger charge is -2.16. The van der Waals surface area contributed by atoms with Crippen LogP contribution in [0.3, 0.4) is 0 Å². The van der Waals surface area contributed by atoms with Gasteiger partial charge in [0.1, 0.15) is 12.4 Å². The molecule has 3 aromatic carbocycles. The number of benzene rings is 3. The van der Waals surface area contributed by atoms with Gasteiger partial charge in [0.25, 0.3) is 5.91 Å². The fraction of sp³-hybridized carbons (Fsp3) is 0.208. The molecule has 0 aliphatic rings. The molecule has 0 aromatic heterocycles. The molecule has 3 aromatic rings. The van der Waals surface area contributed by atoms with Gasteiger partial charge in [-0.1, -0.05) is 42.5 Å². The van der Waals surface area contributed by atoms with E-state index >= 15 is 0 Å². The first-order valence-electron chi connectivity index (χ1n) is 9.41. The van der Waals surface area contributed by atoms with Crippen LogP contribution in [0.2, 0.25) is 0 Å². The highest BCUT2D eigenvalue weighted by molar-refractivity contribution is 5.94. The zero-order chi connectivity index (χ0) is 20.6. The average Bonchev–Trinajstić information content (AvgIpc) is 2.78. The summed E-state index contributed by atoms with van der Waals surface area (Å²) in [6.45, 7) is 2.21. The zero-order valence-corrected chi connectivity index (χ0v) is 16.8. The molecule has 29 heavy (non-hydrogen) atoms. The van der Waals surface area contributed by atoms with Gasteiger partial charge in [-0.2, -0.15) is 0 Å². The number of para-hydroxylation sites is 2. The van der Waals surface area contributed by atoms with E-state index in [1.807, 2.05) is 61.5 Å². The van der Waals surface area contributed by atoms with Crippen molar-refractivity contribution in [1.29, 1.82) is 0 Å². The summed E-state index contributed by atoms with van der Waals surface area (Å²) >= 11 is 0. The molecule has 1 N–H and O–H groups in total. The summed E-state index contributed by atoms with van der Waals surface area (Å²) in [6, 6.07) is 22.5. The monoisotopic (exact) mass is 391 g/mol. The number of rotatable bonds is 8. The topological polar surface area (TPSA) is 56.8 Å². The highest BCUT2D eigenvalue weighted by Gasteiger charge is 2.14. The number of nitrogens with one attached hydrogen (secondary N) is 1. The van der Waals surface area contributed by atoms with Crippen LogP contribution in [-0.4, -0.2) is 20.1 Å². The molecule has 0 aliphatic carbocycles. The second kappa shape index (κ2) is 9.64. The highest BCUT2D eigenvalue weighted by atomic mass is 16.5. The van der Waals surface area contributed by atoms with Gasteiger partial charge >= 0.3 is 0 Å². The van der Waals surface area contributed by atoms with Crippen molar-refractivity contribution in [2.24, 2.45) is 0 Å². The molecule has 0 bridgehead atoms. The summed E-state index contributed by atoms with van der Waals surface area (Å²) in [4.78, 5) is 12.7. The molecule has 1 atom stereocenters. The molecule has 0 spiro atoms. The van der Waals surface area contributed by atoms with Crippen LogP contribution < -0.4 is 19.5 Å². The van der Waals surface area contributed by atoms with Gasteiger partial charge in [0.2, 0.25) is 0 Å². The smallest absolute Gasteiger partial charge is 0.251 e. The van der Waals surface area contributed by atoms with Crippen molar-refractivity contribution in [2.75, 3.05) is 14.2 Å². The number of methoxy groups -OCH3 is 2. The molecular formula is C24H25NO4. The van der Waals surface area contributed by atoms with Crippen LogP contribution >= 0.6 is 0 Å².